The number of carbonyl (C=O) groups is 2. The normalized spacial score (nSPS) is 17.5. The maximum atomic E-state index is 13.1. The van der Waals surface area contributed by atoms with Crippen LogP contribution >= 0.6 is 0 Å². The number of ether oxygens (including phenoxy) is 2. The molecular weight excluding hydrogens is 410 g/mol. The average molecular weight is 435 g/mol. The Kier molecular flexibility index (Phi) is 6.62. The van der Waals surface area contributed by atoms with Crippen LogP contribution in [-0.2, 0) is 26.1 Å². The Labute approximate surface area is 175 Å². The van der Waals surface area contributed by atoms with Gasteiger partial charge in [-0.2, -0.15) is 4.31 Å². The largest absolute Gasteiger partial charge is 0.465 e. The van der Waals surface area contributed by atoms with Crippen molar-refractivity contribution in [1.82, 2.24) is 4.31 Å². The predicted molar refractivity (Wildman–Crippen MR) is 108 cm³/mol. The fraction of sp³-hybridized carbons (Fsp3) is 0.429. The number of carbonyl (C=O) groups excluding carboxylic acids is 2. The highest BCUT2D eigenvalue weighted by molar-refractivity contribution is 7.89. The molecule has 0 aliphatic carbocycles. The number of piperidine rings is 1. The molecule has 2 heterocycles. The van der Waals surface area contributed by atoms with Gasteiger partial charge in [-0.05, 0) is 50.5 Å². The predicted octanol–water partition coefficient (Wildman–Crippen LogP) is 3.29. The molecule has 8 nitrogen and oxygen atoms in total. The molecule has 1 fully saturated rings. The van der Waals surface area contributed by atoms with E-state index < -0.39 is 22.0 Å². The van der Waals surface area contributed by atoms with Crippen LogP contribution in [0.15, 0.2) is 39.8 Å². The van der Waals surface area contributed by atoms with E-state index in [9.17, 15) is 18.0 Å². The van der Waals surface area contributed by atoms with Crippen LogP contribution in [0.3, 0.4) is 0 Å². The molecule has 0 N–H and O–H groups in total. The zero-order valence-corrected chi connectivity index (χ0v) is 18.0. The van der Waals surface area contributed by atoms with Gasteiger partial charge < -0.3 is 13.9 Å². The molecule has 0 amide bonds. The van der Waals surface area contributed by atoms with E-state index in [1.165, 1.54) is 35.9 Å². The van der Waals surface area contributed by atoms with Gasteiger partial charge in [-0.15, -0.1) is 0 Å². The molecule has 1 aromatic heterocycles. The minimum Gasteiger partial charge on any atom is -0.465 e. The van der Waals surface area contributed by atoms with Gasteiger partial charge in [0.15, 0.2) is 12.4 Å². The Morgan fingerprint density at radius 2 is 1.93 bits per heavy atom. The van der Waals surface area contributed by atoms with Gasteiger partial charge in [0.25, 0.3) is 0 Å². The zero-order valence-electron chi connectivity index (χ0n) is 17.2. The van der Waals surface area contributed by atoms with E-state index in [0.717, 1.165) is 19.3 Å². The van der Waals surface area contributed by atoms with E-state index in [2.05, 4.69) is 4.74 Å². The van der Waals surface area contributed by atoms with Crippen LogP contribution in [0.5, 0.6) is 0 Å². The van der Waals surface area contributed by atoms with Crippen molar-refractivity contribution in [1.29, 1.82) is 0 Å². The lowest BCUT2D eigenvalue weighted by molar-refractivity contribution is 0.0431. The number of furan rings is 1. The first-order valence-corrected chi connectivity index (χ1v) is 11.1. The Morgan fingerprint density at radius 1 is 1.17 bits per heavy atom. The number of hydrogen-bond acceptors (Lipinski definition) is 7. The number of esters is 2. The summed E-state index contributed by atoms with van der Waals surface area (Å²) in [5, 5.41) is 0. The summed E-state index contributed by atoms with van der Waals surface area (Å²) in [5.74, 6) is -1.16. The lowest BCUT2D eigenvalue weighted by Crippen LogP contribution is -2.41. The van der Waals surface area contributed by atoms with Crippen LogP contribution < -0.4 is 0 Å². The van der Waals surface area contributed by atoms with Crippen LogP contribution in [0.4, 0.5) is 0 Å². The summed E-state index contributed by atoms with van der Waals surface area (Å²) in [7, 11) is -2.48. The molecule has 3 rings (SSSR count). The van der Waals surface area contributed by atoms with Crippen molar-refractivity contribution in [2.75, 3.05) is 13.7 Å². The van der Waals surface area contributed by atoms with Gasteiger partial charge in [0, 0.05) is 12.6 Å². The molecule has 1 aliphatic heterocycles. The third-order valence-electron chi connectivity index (χ3n) is 5.26. The van der Waals surface area contributed by atoms with Gasteiger partial charge in [0.2, 0.25) is 10.0 Å². The monoisotopic (exact) mass is 435 g/mol. The molecule has 30 heavy (non-hydrogen) atoms. The highest BCUT2D eigenvalue weighted by Gasteiger charge is 2.31. The third kappa shape index (κ3) is 4.41. The van der Waals surface area contributed by atoms with Gasteiger partial charge in [-0.25, -0.2) is 18.0 Å². The quantitative estimate of drug-likeness (QED) is 0.641. The Hall–Kier alpha value is -2.65. The first-order valence-electron chi connectivity index (χ1n) is 9.70. The van der Waals surface area contributed by atoms with Gasteiger partial charge in [0.1, 0.15) is 5.56 Å². The SMILES string of the molecule is COC(=O)c1ccoc1COC(=O)c1cc(S(=O)(=O)N2CCCC[C@H]2C)ccc1C. The molecule has 1 atom stereocenters. The molecule has 0 radical (unpaired) electrons. The van der Waals surface area contributed by atoms with Gasteiger partial charge in [-0.1, -0.05) is 12.5 Å². The van der Waals surface area contributed by atoms with E-state index in [-0.39, 0.29) is 34.4 Å². The maximum Gasteiger partial charge on any atom is 0.341 e. The standard InChI is InChI=1S/C21H25NO7S/c1-14-7-8-16(30(25,26)22-10-5-4-6-15(22)2)12-18(14)21(24)29-13-19-17(9-11-28-19)20(23)27-3/h7-9,11-12,15H,4-6,10,13H2,1-3H3/t15-/m1/s1. The second-order valence-electron chi connectivity index (χ2n) is 7.26. The molecule has 0 bridgehead atoms. The highest BCUT2D eigenvalue weighted by atomic mass is 32.2. The second-order valence-corrected chi connectivity index (χ2v) is 9.15. The lowest BCUT2D eigenvalue weighted by Gasteiger charge is -2.32. The van der Waals surface area contributed by atoms with Crippen molar-refractivity contribution in [3.05, 3.63) is 53.0 Å². The first kappa shape index (κ1) is 22.0. The van der Waals surface area contributed by atoms with Crippen LogP contribution in [0.1, 0.15) is 58.2 Å². The number of benzene rings is 1. The number of sulfonamides is 1. The average Bonchev–Trinajstić information content (AvgIpc) is 3.20. The highest BCUT2D eigenvalue weighted by Crippen LogP contribution is 2.27. The van der Waals surface area contributed by atoms with Crippen LogP contribution in [0.25, 0.3) is 0 Å². The van der Waals surface area contributed by atoms with E-state index in [1.807, 2.05) is 6.92 Å². The number of hydrogen-bond donors (Lipinski definition) is 0. The van der Waals surface area contributed by atoms with Crippen molar-refractivity contribution < 1.29 is 31.9 Å². The number of aryl methyl sites for hydroxylation is 1. The summed E-state index contributed by atoms with van der Waals surface area (Å²) in [6.45, 7) is 3.77. The van der Waals surface area contributed by atoms with Gasteiger partial charge in [0.05, 0.1) is 23.8 Å². The summed E-state index contributed by atoms with van der Waals surface area (Å²) >= 11 is 0. The van der Waals surface area contributed by atoms with Crippen molar-refractivity contribution >= 4 is 22.0 Å². The molecule has 1 aromatic carbocycles. The molecule has 1 saturated heterocycles. The Bertz CT molecular complexity index is 1040. The molecule has 2 aromatic rings. The van der Waals surface area contributed by atoms with E-state index in [1.54, 1.807) is 13.0 Å². The van der Waals surface area contributed by atoms with Crippen LogP contribution in [0.2, 0.25) is 0 Å². The van der Waals surface area contributed by atoms with Crippen molar-refractivity contribution in [2.24, 2.45) is 0 Å². The van der Waals surface area contributed by atoms with Crippen LogP contribution in [-0.4, -0.2) is 44.4 Å². The molecule has 0 spiro atoms. The van der Waals surface area contributed by atoms with E-state index in [4.69, 9.17) is 9.15 Å². The summed E-state index contributed by atoms with van der Waals surface area (Å²) in [4.78, 5) is 24.4. The maximum absolute atomic E-state index is 13.1. The lowest BCUT2D eigenvalue weighted by atomic mass is 10.1. The van der Waals surface area contributed by atoms with Gasteiger partial charge >= 0.3 is 11.9 Å². The fourth-order valence-electron chi connectivity index (χ4n) is 3.50. The summed E-state index contributed by atoms with van der Waals surface area (Å²) in [5.41, 5.74) is 0.891. The molecule has 0 saturated carbocycles. The van der Waals surface area contributed by atoms with Crippen molar-refractivity contribution in [3.63, 3.8) is 0 Å². The summed E-state index contributed by atoms with van der Waals surface area (Å²) in [6, 6.07) is 5.77. The molecule has 1 aliphatic rings. The van der Waals surface area contributed by atoms with E-state index in [0.29, 0.717) is 12.1 Å². The smallest absolute Gasteiger partial charge is 0.341 e. The molecule has 0 unspecified atom stereocenters. The minimum absolute atomic E-state index is 0.0575. The third-order valence-corrected chi connectivity index (χ3v) is 7.27. The number of rotatable bonds is 6. The van der Waals surface area contributed by atoms with Crippen molar-refractivity contribution in [3.8, 4) is 0 Å². The Morgan fingerprint density at radius 3 is 2.63 bits per heavy atom. The molecule has 9 heteroatoms. The number of methoxy groups -OCH3 is 1. The van der Waals surface area contributed by atoms with Crippen molar-refractivity contribution in [2.45, 2.75) is 50.7 Å². The first-order chi connectivity index (χ1) is 14.3. The molecular formula is C21H25NO7S. The molecule has 162 valence electrons. The van der Waals surface area contributed by atoms with Gasteiger partial charge in [-0.3, -0.25) is 0 Å². The summed E-state index contributed by atoms with van der Waals surface area (Å²) in [6.07, 6.45) is 3.92. The fourth-order valence-corrected chi connectivity index (χ4v) is 5.23. The van der Waals surface area contributed by atoms with Crippen LogP contribution in [0, 0.1) is 6.92 Å². The summed E-state index contributed by atoms with van der Waals surface area (Å²) < 4.78 is 42.8. The Balaban J connectivity index is 1.80. The minimum atomic E-state index is -3.72. The zero-order chi connectivity index (χ0) is 21.9. The second kappa shape index (κ2) is 9.01. The van der Waals surface area contributed by atoms with E-state index >= 15 is 0 Å². The number of nitrogens with zero attached hydrogens (tertiary/aromatic N) is 1. The topological polar surface area (TPSA) is 103 Å².